The maximum absolute atomic E-state index is 12.1. The molecule has 0 bridgehead atoms. The van der Waals surface area contributed by atoms with Gasteiger partial charge in [0, 0.05) is 11.8 Å². The Morgan fingerprint density at radius 1 is 1.11 bits per heavy atom. The lowest BCUT2D eigenvalue weighted by molar-refractivity contribution is 0.414. The molecule has 1 aromatic heterocycles. The van der Waals surface area contributed by atoms with Crippen LogP contribution in [-0.2, 0) is 6.54 Å². The monoisotopic (exact) mass is 243 g/mol. The van der Waals surface area contributed by atoms with E-state index >= 15 is 0 Å². The second-order valence-electron chi connectivity index (χ2n) is 4.40. The predicted octanol–water partition coefficient (Wildman–Crippen LogP) is 2.52. The summed E-state index contributed by atoms with van der Waals surface area (Å²) in [6.45, 7) is 4.40. The van der Waals surface area contributed by atoms with E-state index in [1.54, 1.807) is 11.7 Å². The third kappa shape index (κ3) is 2.45. The number of aromatic nitrogens is 1. The van der Waals surface area contributed by atoms with Crippen LogP contribution in [0.2, 0.25) is 0 Å². The summed E-state index contributed by atoms with van der Waals surface area (Å²) in [7, 11) is 1.64. The van der Waals surface area contributed by atoms with Crippen LogP contribution in [0.1, 0.15) is 16.7 Å². The Balaban J connectivity index is 2.28. The molecule has 0 atom stereocenters. The van der Waals surface area contributed by atoms with Gasteiger partial charge in [-0.1, -0.05) is 12.1 Å². The molecule has 1 aromatic carbocycles. The molecule has 0 amide bonds. The van der Waals surface area contributed by atoms with Gasteiger partial charge in [-0.15, -0.1) is 0 Å². The number of hydrogen-bond donors (Lipinski definition) is 0. The minimum Gasteiger partial charge on any atom is -0.497 e. The van der Waals surface area contributed by atoms with Crippen molar-refractivity contribution in [2.24, 2.45) is 0 Å². The van der Waals surface area contributed by atoms with Gasteiger partial charge in [-0.3, -0.25) is 4.79 Å². The van der Waals surface area contributed by atoms with Crippen molar-refractivity contribution in [1.82, 2.24) is 4.57 Å². The van der Waals surface area contributed by atoms with Crippen molar-refractivity contribution in [2.45, 2.75) is 20.4 Å². The first kappa shape index (κ1) is 12.4. The van der Waals surface area contributed by atoms with Gasteiger partial charge < -0.3 is 9.30 Å². The van der Waals surface area contributed by atoms with Crippen molar-refractivity contribution in [3.63, 3.8) is 0 Å². The molecule has 0 saturated carbocycles. The zero-order chi connectivity index (χ0) is 13.1. The minimum atomic E-state index is 0.0748. The van der Waals surface area contributed by atoms with Crippen molar-refractivity contribution < 1.29 is 4.74 Å². The first-order valence-electron chi connectivity index (χ1n) is 5.91. The minimum absolute atomic E-state index is 0.0748. The fourth-order valence-corrected chi connectivity index (χ4v) is 1.83. The third-order valence-electron chi connectivity index (χ3n) is 3.19. The maximum atomic E-state index is 12.1. The number of nitrogens with zero attached hydrogens (tertiary/aromatic N) is 1. The normalized spacial score (nSPS) is 10.4. The first-order valence-corrected chi connectivity index (χ1v) is 5.91. The predicted molar refractivity (Wildman–Crippen MR) is 72.3 cm³/mol. The molecule has 0 N–H and O–H groups in total. The van der Waals surface area contributed by atoms with Crippen LogP contribution in [0.4, 0.5) is 0 Å². The molecule has 0 unspecified atom stereocenters. The van der Waals surface area contributed by atoms with Crippen molar-refractivity contribution in [2.75, 3.05) is 7.11 Å². The van der Waals surface area contributed by atoms with Crippen LogP contribution in [0.3, 0.4) is 0 Å². The Labute approximate surface area is 107 Å². The summed E-state index contributed by atoms with van der Waals surface area (Å²) in [5.41, 5.74) is 3.00. The lowest BCUT2D eigenvalue weighted by Gasteiger charge is -2.09. The van der Waals surface area contributed by atoms with Gasteiger partial charge in [0.25, 0.3) is 5.56 Å². The summed E-state index contributed by atoms with van der Waals surface area (Å²) in [4.78, 5) is 12.1. The number of pyridine rings is 1. The largest absolute Gasteiger partial charge is 0.497 e. The Bertz CT molecular complexity index is 597. The number of benzene rings is 1. The van der Waals surface area contributed by atoms with Crippen LogP contribution in [-0.4, -0.2) is 11.7 Å². The number of aryl methyl sites for hydroxylation is 1. The van der Waals surface area contributed by atoms with Crippen LogP contribution in [0.5, 0.6) is 5.75 Å². The SMILES string of the molecule is COc1ccc(Cn2ccc(C)c(C)c2=O)cc1. The molecule has 18 heavy (non-hydrogen) atoms. The summed E-state index contributed by atoms with van der Waals surface area (Å²) >= 11 is 0. The fourth-order valence-electron chi connectivity index (χ4n) is 1.83. The van der Waals surface area contributed by atoms with Crippen molar-refractivity contribution in [3.8, 4) is 5.75 Å². The van der Waals surface area contributed by atoms with Gasteiger partial charge in [0.05, 0.1) is 13.7 Å². The molecule has 2 rings (SSSR count). The molecular weight excluding hydrogens is 226 g/mol. The highest BCUT2D eigenvalue weighted by atomic mass is 16.5. The standard InChI is InChI=1S/C15H17NO2/c1-11-8-9-16(15(17)12(11)2)10-13-4-6-14(18-3)7-5-13/h4-9H,10H2,1-3H3. The summed E-state index contributed by atoms with van der Waals surface area (Å²) < 4.78 is 6.84. The Hall–Kier alpha value is -2.03. The van der Waals surface area contributed by atoms with E-state index in [4.69, 9.17) is 4.74 Å². The Morgan fingerprint density at radius 2 is 1.78 bits per heavy atom. The average molecular weight is 243 g/mol. The van der Waals surface area contributed by atoms with E-state index in [0.717, 1.165) is 22.4 Å². The van der Waals surface area contributed by atoms with Crippen LogP contribution < -0.4 is 10.3 Å². The van der Waals surface area contributed by atoms with E-state index in [-0.39, 0.29) is 5.56 Å². The van der Waals surface area contributed by atoms with Crippen molar-refractivity contribution in [3.05, 3.63) is 63.6 Å². The summed E-state index contributed by atoms with van der Waals surface area (Å²) in [5.74, 6) is 0.825. The first-order chi connectivity index (χ1) is 8.61. The molecule has 0 saturated heterocycles. The highest BCUT2D eigenvalue weighted by Crippen LogP contribution is 2.12. The molecule has 0 fully saturated rings. The van der Waals surface area contributed by atoms with Gasteiger partial charge in [-0.05, 0) is 43.2 Å². The van der Waals surface area contributed by atoms with Gasteiger partial charge in [0.2, 0.25) is 0 Å². The molecule has 94 valence electrons. The molecule has 0 aliphatic heterocycles. The van der Waals surface area contributed by atoms with Gasteiger partial charge >= 0.3 is 0 Å². The number of rotatable bonds is 3. The molecule has 1 heterocycles. The Kier molecular flexibility index (Phi) is 3.51. The molecular formula is C15H17NO2. The van der Waals surface area contributed by atoms with Gasteiger partial charge in [0.1, 0.15) is 5.75 Å². The second-order valence-corrected chi connectivity index (χ2v) is 4.40. The highest BCUT2D eigenvalue weighted by molar-refractivity contribution is 5.28. The number of ether oxygens (including phenoxy) is 1. The van der Waals surface area contributed by atoms with Crippen molar-refractivity contribution in [1.29, 1.82) is 0 Å². The lowest BCUT2D eigenvalue weighted by Crippen LogP contribution is -2.22. The van der Waals surface area contributed by atoms with Gasteiger partial charge in [0.15, 0.2) is 0 Å². The average Bonchev–Trinajstić information content (AvgIpc) is 2.40. The van der Waals surface area contributed by atoms with Gasteiger partial charge in [-0.25, -0.2) is 0 Å². The van der Waals surface area contributed by atoms with Crippen LogP contribution in [0.15, 0.2) is 41.3 Å². The molecule has 0 aliphatic rings. The zero-order valence-electron chi connectivity index (χ0n) is 10.9. The van der Waals surface area contributed by atoms with E-state index in [1.807, 2.05) is 50.4 Å². The van der Waals surface area contributed by atoms with Crippen LogP contribution >= 0.6 is 0 Å². The summed E-state index contributed by atoms with van der Waals surface area (Å²) in [6, 6.07) is 9.73. The van der Waals surface area contributed by atoms with E-state index in [9.17, 15) is 4.79 Å². The number of methoxy groups -OCH3 is 1. The molecule has 3 nitrogen and oxygen atoms in total. The number of hydrogen-bond acceptors (Lipinski definition) is 2. The highest BCUT2D eigenvalue weighted by Gasteiger charge is 2.03. The van der Waals surface area contributed by atoms with Gasteiger partial charge in [-0.2, -0.15) is 0 Å². The van der Waals surface area contributed by atoms with Crippen LogP contribution in [0.25, 0.3) is 0 Å². The Morgan fingerprint density at radius 3 is 2.39 bits per heavy atom. The third-order valence-corrected chi connectivity index (χ3v) is 3.19. The lowest BCUT2D eigenvalue weighted by atomic mass is 10.1. The molecule has 0 aliphatic carbocycles. The molecule has 3 heteroatoms. The topological polar surface area (TPSA) is 31.2 Å². The van der Waals surface area contributed by atoms with E-state index < -0.39 is 0 Å². The zero-order valence-corrected chi connectivity index (χ0v) is 10.9. The molecule has 0 spiro atoms. The van der Waals surface area contributed by atoms with E-state index in [2.05, 4.69) is 0 Å². The summed E-state index contributed by atoms with van der Waals surface area (Å²) in [5, 5.41) is 0. The molecule has 2 aromatic rings. The second kappa shape index (κ2) is 5.08. The van der Waals surface area contributed by atoms with E-state index in [1.165, 1.54) is 0 Å². The quantitative estimate of drug-likeness (QED) is 0.829. The summed E-state index contributed by atoms with van der Waals surface area (Å²) in [6.07, 6.45) is 1.84. The van der Waals surface area contributed by atoms with Crippen LogP contribution in [0, 0.1) is 13.8 Å². The fraction of sp³-hybridized carbons (Fsp3) is 0.267. The smallest absolute Gasteiger partial charge is 0.254 e. The van der Waals surface area contributed by atoms with Crippen molar-refractivity contribution >= 4 is 0 Å². The molecule has 0 radical (unpaired) electrons. The maximum Gasteiger partial charge on any atom is 0.254 e. The van der Waals surface area contributed by atoms with E-state index in [0.29, 0.717) is 6.54 Å².